The molecule has 0 heterocycles. The van der Waals surface area contributed by atoms with Crippen molar-refractivity contribution in [1.29, 1.82) is 0 Å². The summed E-state index contributed by atoms with van der Waals surface area (Å²) in [6.07, 6.45) is -0.152. The van der Waals surface area contributed by atoms with Crippen LogP contribution in [0.4, 0.5) is 5.69 Å². The van der Waals surface area contributed by atoms with Crippen LogP contribution < -0.4 is 10.1 Å². The third-order valence-electron chi connectivity index (χ3n) is 2.59. The second kappa shape index (κ2) is 7.88. The number of amides is 1. The fourth-order valence-electron chi connectivity index (χ4n) is 1.60. The zero-order valence-corrected chi connectivity index (χ0v) is 11.8. The number of carboxylic acids is 1. The van der Waals surface area contributed by atoms with Gasteiger partial charge < -0.3 is 19.9 Å². The Morgan fingerprint density at radius 3 is 2.52 bits per heavy atom. The van der Waals surface area contributed by atoms with Crippen LogP contribution in [0.5, 0.6) is 5.75 Å². The molecule has 0 aliphatic rings. The molecule has 0 radical (unpaired) electrons. The van der Waals surface area contributed by atoms with Crippen molar-refractivity contribution in [3.05, 3.63) is 23.8 Å². The van der Waals surface area contributed by atoms with Crippen molar-refractivity contribution in [1.82, 2.24) is 0 Å². The van der Waals surface area contributed by atoms with Crippen molar-refractivity contribution < 1.29 is 29.0 Å². The number of carbonyl (C=O) groups is 3. The lowest BCUT2D eigenvalue weighted by molar-refractivity contribution is -0.144. The predicted octanol–water partition coefficient (Wildman–Crippen LogP) is 1.68. The van der Waals surface area contributed by atoms with E-state index in [1.807, 2.05) is 0 Å². The molecule has 1 amide bonds. The van der Waals surface area contributed by atoms with E-state index in [0.717, 1.165) is 0 Å². The maximum absolute atomic E-state index is 11.7. The fourth-order valence-corrected chi connectivity index (χ4v) is 1.60. The molecular weight excluding hydrogens is 278 g/mol. The number of carboxylic acid groups (broad SMARTS) is 1. The minimum absolute atomic E-state index is 0.0553. The zero-order valence-electron chi connectivity index (χ0n) is 11.8. The van der Waals surface area contributed by atoms with Crippen LogP contribution in [-0.4, -0.2) is 36.7 Å². The quantitative estimate of drug-likeness (QED) is 0.742. The van der Waals surface area contributed by atoms with E-state index in [-0.39, 0.29) is 30.7 Å². The molecule has 0 aliphatic carbocycles. The highest BCUT2D eigenvalue weighted by atomic mass is 16.5. The molecule has 21 heavy (non-hydrogen) atoms. The van der Waals surface area contributed by atoms with Crippen LogP contribution in [-0.2, 0) is 14.3 Å². The van der Waals surface area contributed by atoms with Gasteiger partial charge in [-0.1, -0.05) is 0 Å². The molecule has 0 saturated carbocycles. The fraction of sp³-hybridized carbons (Fsp3) is 0.357. The van der Waals surface area contributed by atoms with Crippen molar-refractivity contribution in [3.63, 3.8) is 0 Å². The number of methoxy groups -OCH3 is 1. The number of esters is 1. The standard InChI is InChI=1S/C14H17NO6/c1-3-21-13(17)7-6-12(16)15-11-8-9(20-2)4-5-10(11)14(18)19/h4-5,8H,3,6-7H2,1-2H3,(H,15,16)(H,18,19). The molecule has 0 aromatic heterocycles. The van der Waals surface area contributed by atoms with E-state index in [2.05, 4.69) is 5.32 Å². The van der Waals surface area contributed by atoms with Crippen LogP contribution in [0.2, 0.25) is 0 Å². The Bertz CT molecular complexity index is 540. The highest BCUT2D eigenvalue weighted by Gasteiger charge is 2.14. The Hall–Kier alpha value is -2.57. The van der Waals surface area contributed by atoms with Gasteiger partial charge in [-0.3, -0.25) is 9.59 Å². The summed E-state index contributed by atoms with van der Waals surface area (Å²) in [6.45, 7) is 1.92. The summed E-state index contributed by atoms with van der Waals surface area (Å²) in [5.74, 6) is -1.70. The maximum atomic E-state index is 11.7. The molecule has 2 N–H and O–H groups in total. The van der Waals surface area contributed by atoms with Gasteiger partial charge in [-0.15, -0.1) is 0 Å². The molecule has 7 heteroatoms. The third kappa shape index (κ3) is 5.13. The summed E-state index contributed by atoms with van der Waals surface area (Å²) < 4.78 is 9.69. The van der Waals surface area contributed by atoms with Crippen LogP contribution in [0.3, 0.4) is 0 Å². The van der Waals surface area contributed by atoms with Crippen LogP contribution in [0.15, 0.2) is 18.2 Å². The summed E-state index contributed by atoms with van der Waals surface area (Å²) in [7, 11) is 1.43. The Morgan fingerprint density at radius 2 is 1.95 bits per heavy atom. The maximum Gasteiger partial charge on any atom is 0.337 e. The second-order valence-electron chi connectivity index (χ2n) is 4.07. The van der Waals surface area contributed by atoms with E-state index >= 15 is 0 Å². The number of aromatic carboxylic acids is 1. The first-order chi connectivity index (χ1) is 9.97. The molecule has 0 aliphatic heterocycles. The zero-order chi connectivity index (χ0) is 15.8. The molecule has 0 spiro atoms. The Morgan fingerprint density at radius 1 is 1.24 bits per heavy atom. The number of hydrogen-bond donors (Lipinski definition) is 2. The summed E-state index contributed by atoms with van der Waals surface area (Å²) in [5.41, 5.74) is 0.0657. The van der Waals surface area contributed by atoms with Crippen molar-refractivity contribution in [2.24, 2.45) is 0 Å². The number of carbonyl (C=O) groups excluding carboxylic acids is 2. The van der Waals surface area contributed by atoms with Gasteiger partial charge >= 0.3 is 11.9 Å². The largest absolute Gasteiger partial charge is 0.497 e. The van der Waals surface area contributed by atoms with Gasteiger partial charge in [0.1, 0.15) is 5.75 Å². The molecule has 1 aromatic carbocycles. The number of nitrogens with one attached hydrogen (secondary N) is 1. The average Bonchev–Trinajstić information content (AvgIpc) is 2.45. The smallest absolute Gasteiger partial charge is 0.337 e. The van der Waals surface area contributed by atoms with Crippen LogP contribution in [0.1, 0.15) is 30.1 Å². The van der Waals surface area contributed by atoms with Crippen LogP contribution in [0.25, 0.3) is 0 Å². The molecule has 7 nitrogen and oxygen atoms in total. The van der Waals surface area contributed by atoms with E-state index in [9.17, 15) is 14.4 Å². The van der Waals surface area contributed by atoms with E-state index in [0.29, 0.717) is 5.75 Å². The number of benzene rings is 1. The molecule has 0 bridgehead atoms. The van der Waals surface area contributed by atoms with Gasteiger partial charge in [-0.05, 0) is 19.1 Å². The minimum Gasteiger partial charge on any atom is -0.497 e. The number of hydrogen-bond acceptors (Lipinski definition) is 5. The first-order valence-corrected chi connectivity index (χ1v) is 6.34. The first-order valence-electron chi connectivity index (χ1n) is 6.34. The Labute approximate surface area is 121 Å². The molecule has 114 valence electrons. The summed E-state index contributed by atoms with van der Waals surface area (Å²) in [4.78, 5) is 34.0. The van der Waals surface area contributed by atoms with E-state index in [1.54, 1.807) is 6.92 Å². The van der Waals surface area contributed by atoms with Crippen molar-refractivity contribution in [3.8, 4) is 5.75 Å². The van der Waals surface area contributed by atoms with Gasteiger partial charge in [0, 0.05) is 12.5 Å². The lowest BCUT2D eigenvalue weighted by atomic mass is 10.1. The Balaban J connectivity index is 2.74. The molecule has 0 atom stereocenters. The van der Waals surface area contributed by atoms with Gasteiger partial charge in [0.05, 0.1) is 31.4 Å². The molecular formula is C14H17NO6. The average molecular weight is 295 g/mol. The van der Waals surface area contributed by atoms with Crippen molar-refractivity contribution in [2.75, 3.05) is 19.0 Å². The highest BCUT2D eigenvalue weighted by molar-refractivity contribution is 6.01. The van der Waals surface area contributed by atoms with Crippen molar-refractivity contribution >= 4 is 23.5 Å². The topological polar surface area (TPSA) is 102 Å². The monoisotopic (exact) mass is 295 g/mol. The molecule has 1 rings (SSSR count). The van der Waals surface area contributed by atoms with Gasteiger partial charge in [-0.2, -0.15) is 0 Å². The lowest BCUT2D eigenvalue weighted by Crippen LogP contribution is -2.16. The van der Waals surface area contributed by atoms with Gasteiger partial charge in [-0.25, -0.2) is 4.79 Å². The van der Waals surface area contributed by atoms with Crippen LogP contribution in [0, 0.1) is 0 Å². The van der Waals surface area contributed by atoms with E-state index in [4.69, 9.17) is 14.6 Å². The first kappa shape index (κ1) is 16.5. The number of rotatable bonds is 7. The van der Waals surface area contributed by atoms with E-state index < -0.39 is 17.8 Å². The van der Waals surface area contributed by atoms with Gasteiger partial charge in [0.15, 0.2) is 0 Å². The number of anilines is 1. The van der Waals surface area contributed by atoms with Gasteiger partial charge in [0.25, 0.3) is 0 Å². The molecule has 0 fully saturated rings. The Kier molecular flexibility index (Phi) is 6.19. The second-order valence-corrected chi connectivity index (χ2v) is 4.07. The molecule has 1 aromatic rings. The highest BCUT2D eigenvalue weighted by Crippen LogP contribution is 2.22. The third-order valence-corrected chi connectivity index (χ3v) is 2.59. The number of ether oxygens (including phenoxy) is 2. The molecule has 0 unspecified atom stereocenters. The molecule has 0 saturated heterocycles. The van der Waals surface area contributed by atoms with Crippen molar-refractivity contribution in [2.45, 2.75) is 19.8 Å². The summed E-state index contributed by atoms with van der Waals surface area (Å²) >= 11 is 0. The summed E-state index contributed by atoms with van der Waals surface area (Å²) in [6, 6.07) is 4.23. The van der Waals surface area contributed by atoms with Crippen LogP contribution >= 0.6 is 0 Å². The predicted molar refractivity (Wildman–Crippen MR) is 74.5 cm³/mol. The summed E-state index contributed by atoms with van der Waals surface area (Å²) in [5, 5.41) is 11.5. The van der Waals surface area contributed by atoms with Gasteiger partial charge in [0.2, 0.25) is 5.91 Å². The lowest BCUT2D eigenvalue weighted by Gasteiger charge is -2.10. The van der Waals surface area contributed by atoms with E-state index in [1.165, 1.54) is 25.3 Å². The minimum atomic E-state index is -1.17. The normalized spacial score (nSPS) is 9.81. The SMILES string of the molecule is CCOC(=O)CCC(=O)Nc1cc(OC)ccc1C(=O)O.